The Morgan fingerprint density at radius 1 is 1.00 bits per heavy atom. The summed E-state index contributed by atoms with van der Waals surface area (Å²) < 4.78 is 2.38. The predicted octanol–water partition coefficient (Wildman–Crippen LogP) is 5.47. The molecular weight excluding hydrogens is 266 g/mol. The Labute approximate surface area is 124 Å². The maximum absolute atomic E-state index is 6.31. The van der Waals surface area contributed by atoms with Crippen molar-refractivity contribution in [1.82, 2.24) is 4.57 Å². The van der Waals surface area contributed by atoms with E-state index in [4.69, 9.17) is 11.6 Å². The molecule has 0 fully saturated rings. The van der Waals surface area contributed by atoms with Gasteiger partial charge in [0.2, 0.25) is 0 Å². The number of hydrogen-bond acceptors (Lipinski definition) is 0. The zero-order chi connectivity index (χ0) is 14.1. The number of benzene rings is 2. The van der Waals surface area contributed by atoms with E-state index in [0.717, 1.165) is 17.1 Å². The number of para-hydroxylation sites is 1. The summed E-state index contributed by atoms with van der Waals surface area (Å²) in [5, 5.41) is 2.13. The fourth-order valence-electron chi connectivity index (χ4n) is 2.68. The van der Waals surface area contributed by atoms with E-state index in [9.17, 15) is 0 Å². The highest BCUT2D eigenvalue weighted by molar-refractivity contribution is 6.31. The van der Waals surface area contributed by atoms with E-state index in [1.165, 1.54) is 16.6 Å². The molecule has 0 aliphatic heterocycles. The zero-order valence-electron chi connectivity index (χ0n) is 11.8. The van der Waals surface area contributed by atoms with Gasteiger partial charge in [0.05, 0.1) is 0 Å². The van der Waals surface area contributed by atoms with Crippen LogP contribution in [0.2, 0.25) is 5.02 Å². The Hall–Kier alpha value is -1.73. The summed E-state index contributed by atoms with van der Waals surface area (Å²) in [7, 11) is 0. The molecule has 1 nitrogen and oxygen atoms in total. The Kier molecular flexibility index (Phi) is 3.54. The summed E-state index contributed by atoms with van der Waals surface area (Å²) in [6.45, 7) is 5.29. The molecule has 0 atom stereocenters. The van der Waals surface area contributed by atoms with E-state index in [1.807, 2.05) is 18.2 Å². The molecule has 0 spiro atoms. The maximum atomic E-state index is 6.31. The second-order valence-electron chi connectivity index (χ2n) is 5.46. The van der Waals surface area contributed by atoms with Gasteiger partial charge in [-0.1, -0.05) is 61.8 Å². The van der Waals surface area contributed by atoms with Crippen molar-refractivity contribution in [2.24, 2.45) is 0 Å². The van der Waals surface area contributed by atoms with Crippen molar-refractivity contribution in [3.63, 3.8) is 0 Å². The zero-order valence-corrected chi connectivity index (χ0v) is 12.6. The largest absolute Gasteiger partial charge is 0.340 e. The summed E-state index contributed by atoms with van der Waals surface area (Å²) in [5.41, 5.74) is 3.79. The molecule has 0 bridgehead atoms. The highest BCUT2D eigenvalue weighted by Gasteiger charge is 2.12. The molecule has 0 aliphatic rings. The van der Waals surface area contributed by atoms with Gasteiger partial charge in [0.1, 0.15) is 0 Å². The lowest BCUT2D eigenvalue weighted by Gasteiger charge is -2.14. The van der Waals surface area contributed by atoms with Crippen molar-refractivity contribution in [2.45, 2.75) is 26.3 Å². The molecule has 1 heterocycles. The van der Waals surface area contributed by atoms with Crippen LogP contribution in [0, 0.1) is 0 Å². The van der Waals surface area contributed by atoms with Crippen molar-refractivity contribution >= 4 is 22.5 Å². The second-order valence-corrected chi connectivity index (χ2v) is 5.87. The van der Waals surface area contributed by atoms with Crippen molar-refractivity contribution in [1.29, 1.82) is 0 Å². The van der Waals surface area contributed by atoms with Gasteiger partial charge in [-0.3, -0.25) is 0 Å². The maximum Gasteiger partial charge on any atom is 0.0493 e. The lowest BCUT2D eigenvalue weighted by atomic mass is 10.1. The molecule has 0 amide bonds. The molecule has 102 valence electrons. The number of fused-ring (bicyclic) bond motifs is 1. The van der Waals surface area contributed by atoms with E-state index in [0.29, 0.717) is 5.92 Å². The molecule has 0 radical (unpaired) electrons. The van der Waals surface area contributed by atoms with Crippen LogP contribution < -0.4 is 0 Å². The number of rotatable bonds is 3. The number of nitrogens with zero attached hydrogens (tertiary/aromatic N) is 1. The molecule has 0 aliphatic carbocycles. The Morgan fingerprint density at radius 3 is 2.45 bits per heavy atom. The van der Waals surface area contributed by atoms with Crippen molar-refractivity contribution in [3.8, 4) is 0 Å². The molecule has 0 unspecified atom stereocenters. The third-order valence-electron chi connectivity index (χ3n) is 3.72. The minimum atomic E-state index is 0.491. The fourth-order valence-corrected chi connectivity index (χ4v) is 2.88. The monoisotopic (exact) mass is 283 g/mol. The first-order valence-electron chi connectivity index (χ1n) is 6.98. The Morgan fingerprint density at radius 2 is 1.70 bits per heavy atom. The van der Waals surface area contributed by atoms with E-state index in [-0.39, 0.29) is 0 Å². The third kappa shape index (κ3) is 2.34. The topological polar surface area (TPSA) is 4.93 Å². The van der Waals surface area contributed by atoms with E-state index < -0.39 is 0 Å². The summed E-state index contributed by atoms with van der Waals surface area (Å²) >= 11 is 6.31. The van der Waals surface area contributed by atoms with Gasteiger partial charge in [-0.25, -0.2) is 0 Å². The van der Waals surface area contributed by atoms with Crippen molar-refractivity contribution < 1.29 is 0 Å². The normalized spacial score (nSPS) is 11.4. The SMILES string of the molecule is CC(C)c1cc2ccccc2n1Cc1ccccc1Cl. The van der Waals surface area contributed by atoms with Crippen LogP contribution in [-0.4, -0.2) is 4.57 Å². The van der Waals surface area contributed by atoms with Gasteiger partial charge in [0, 0.05) is 22.8 Å². The number of aromatic nitrogens is 1. The van der Waals surface area contributed by atoms with Gasteiger partial charge in [0.15, 0.2) is 0 Å². The van der Waals surface area contributed by atoms with E-state index in [1.54, 1.807) is 0 Å². The molecular formula is C18H18ClN. The first-order valence-corrected chi connectivity index (χ1v) is 7.36. The first-order chi connectivity index (χ1) is 9.66. The molecule has 0 N–H and O–H groups in total. The summed E-state index contributed by atoms with van der Waals surface area (Å²) in [6, 6.07) is 18.9. The Balaban J connectivity index is 2.14. The number of hydrogen-bond donors (Lipinski definition) is 0. The average Bonchev–Trinajstić information content (AvgIpc) is 2.81. The van der Waals surface area contributed by atoms with Crippen molar-refractivity contribution in [2.75, 3.05) is 0 Å². The van der Waals surface area contributed by atoms with Crippen LogP contribution in [0.25, 0.3) is 10.9 Å². The summed E-state index contributed by atoms with van der Waals surface area (Å²) in [5.74, 6) is 0.491. The third-order valence-corrected chi connectivity index (χ3v) is 4.09. The van der Waals surface area contributed by atoms with Crippen LogP contribution in [0.3, 0.4) is 0 Å². The Bertz CT molecular complexity index is 740. The lowest BCUT2D eigenvalue weighted by molar-refractivity contribution is 0.710. The highest BCUT2D eigenvalue weighted by atomic mass is 35.5. The van der Waals surface area contributed by atoms with Crippen LogP contribution in [0.15, 0.2) is 54.6 Å². The molecule has 1 aromatic heterocycles. The molecule has 20 heavy (non-hydrogen) atoms. The first kappa shape index (κ1) is 13.3. The molecule has 2 aromatic carbocycles. The van der Waals surface area contributed by atoms with Crippen LogP contribution >= 0.6 is 11.6 Å². The van der Waals surface area contributed by atoms with Gasteiger partial charge in [-0.2, -0.15) is 0 Å². The van der Waals surface area contributed by atoms with Gasteiger partial charge >= 0.3 is 0 Å². The minimum Gasteiger partial charge on any atom is -0.340 e. The summed E-state index contributed by atoms with van der Waals surface area (Å²) in [6.07, 6.45) is 0. The van der Waals surface area contributed by atoms with Gasteiger partial charge < -0.3 is 4.57 Å². The average molecular weight is 284 g/mol. The fraction of sp³-hybridized carbons (Fsp3) is 0.222. The van der Waals surface area contributed by atoms with Gasteiger partial charge in [-0.05, 0) is 35.1 Å². The minimum absolute atomic E-state index is 0.491. The van der Waals surface area contributed by atoms with Crippen LogP contribution in [0.1, 0.15) is 31.0 Å². The molecule has 0 saturated heterocycles. The molecule has 0 saturated carbocycles. The van der Waals surface area contributed by atoms with Crippen molar-refractivity contribution in [3.05, 3.63) is 70.9 Å². The summed E-state index contributed by atoms with van der Waals surface area (Å²) in [4.78, 5) is 0. The molecule has 2 heteroatoms. The van der Waals surface area contributed by atoms with Gasteiger partial charge in [-0.15, -0.1) is 0 Å². The van der Waals surface area contributed by atoms with Crippen LogP contribution in [-0.2, 0) is 6.54 Å². The van der Waals surface area contributed by atoms with Crippen LogP contribution in [0.5, 0.6) is 0 Å². The second kappa shape index (κ2) is 5.34. The van der Waals surface area contributed by atoms with E-state index >= 15 is 0 Å². The predicted molar refractivity (Wildman–Crippen MR) is 86.6 cm³/mol. The smallest absolute Gasteiger partial charge is 0.0493 e. The quantitative estimate of drug-likeness (QED) is 0.601. The highest BCUT2D eigenvalue weighted by Crippen LogP contribution is 2.27. The molecule has 3 aromatic rings. The van der Waals surface area contributed by atoms with Crippen LogP contribution in [0.4, 0.5) is 0 Å². The molecule has 3 rings (SSSR count). The lowest BCUT2D eigenvalue weighted by Crippen LogP contribution is -2.05. The van der Waals surface area contributed by atoms with E-state index in [2.05, 4.69) is 54.8 Å². The standard InChI is InChI=1S/C18H18ClN/c1-13(2)18-11-14-7-4-6-10-17(14)20(18)12-15-8-3-5-9-16(15)19/h3-11,13H,12H2,1-2H3. The van der Waals surface area contributed by atoms with Gasteiger partial charge in [0.25, 0.3) is 0 Å². The number of halogens is 1.